The first-order chi connectivity index (χ1) is 8.32. The Hall–Kier alpha value is -1.75. The summed E-state index contributed by atoms with van der Waals surface area (Å²) in [6, 6.07) is 4.48. The molecule has 0 unspecified atom stereocenters. The van der Waals surface area contributed by atoms with Crippen LogP contribution in [-0.4, -0.2) is 29.3 Å². The van der Waals surface area contributed by atoms with Crippen LogP contribution >= 0.6 is 11.6 Å². The number of hydrogen-bond acceptors (Lipinski definition) is 3. The Morgan fingerprint density at radius 1 is 1.39 bits per heavy atom. The van der Waals surface area contributed by atoms with Crippen LogP contribution in [0.25, 0.3) is 0 Å². The maximum atomic E-state index is 12.3. The number of carbonyl (C=O) groups is 2. The highest BCUT2D eigenvalue weighted by molar-refractivity contribution is 6.34. The smallest absolute Gasteiger partial charge is 0.256 e. The van der Waals surface area contributed by atoms with Crippen LogP contribution in [0.15, 0.2) is 18.2 Å². The maximum absolute atomic E-state index is 12.3. The Labute approximate surface area is 111 Å². The number of benzene rings is 1. The average Bonchev–Trinajstić information content (AvgIpc) is 2.27. The summed E-state index contributed by atoms with van der Waals surface area (Å²) in [4.78, 5) is 24.6. The number of nitrogens with zero attached hydrogens (tertiary/aromatic N) is 1. The molecule has 1 aromatic rings. The topological polar surface area (TPSA) is 89.4 Å². The Balaban J connectivity index is 3.09. The lowest BCUT2D eigenvalue weighted by Crippen LogP contribution is -2.42. The van der Waals surface area contributed by atoms with Gasteiger partial charge < -0.3 is 16.4 Å². The van der Waals surface area contributed by atoms with Crippen LogP contribution in [-0.2, 0) is 4.79 Å². The van der Waals surface area contributed by atoms with Crippen molar-refractivity contribution < 1.29 is 9.59 Å². The van der Waals surface area contributed by atoms with Crippen molar-refractivity contribution in [3.05, 3.63) is 28.8 Å². The van der Waals surface area contributed by atoms with Crippen LogP contribution in [0.1, 0.15) is 24.2 Å². The van der Waals surface area contributed by atoms with Gasteiger partial charge in [-0.3, -0.25) is 9.59 Å². The number of nitrogens with two attached hydrogens (primary N) is 2. The molecule has 0 heterocycles. The number of primary amides is 1. The van der Waals surface area contributed by atoms with Crippen LogP contribution in [0.4, 0.5) is 5.69 Å². The molecule has 4 N–H and O–H groups in total. The van der Waals surface area contributed by atoms with Gasteiger partial charge in [0, 0.05) is 11.7 Å². The molecular weight excluding hydrogens is 254 g/mol. The van der Waals surface area contributed by atoms with Crippen molar-refractivity contribution in [2.45, 2.75) is 19.9 Å². The minimum atomic E-state index is -0.572. The van der Waals surface area contributed by atoms with E-state index in [1.807, 2.05) is 0 Å². The molecule has 1 rings (SSSR count). The Morgan fingerprint density at radius 2 is 2.00 bits per heavy atom. The molecule has 0 aliphatic rings. The van der Waals surface area contributed by atoms with E-state index in [2.05, 4.69) is 0 Å². The van der Waals surface area contributed by atoms with Gasteiger partial charge in [-0.25, -0.2) is 0 Å². The number of rotatable bonds is 4. The second-order valence-corrected chi connectivity index (χ2v) is 4.64. The van der Waals surface area contributed by atoms with Crippen LogP contribution in [0.2, 0.25) is 5.02 Å². The molecule has 0 aliphatic heterocycles. The lowest BCUT2D eigenvalue weighted by atomic mass is 10.1. The van der Waals surface area contributed by atoms with Crippen molar-refractivity contribution in [3.8, 4) is 0 Å². The maximum Gasteiger partial charge on any atom is 0.256 e. The van der Waals surface area contributed by atoms with Gasteiger partial charge in [0.25, 0.3) is 5.91 Å². The summed E-state index contributed by atoms with van der Waals surface area (Å²) in [5, 5.41) is 0.296. The number of nitrogen functional groups attached to an aromatic ring is 1. The Kier molecular flexibility index (Phi) is 4.55. The zero-order valence-corrected chi connectivity index (χ0v) is 11.1. The van der Waals surface area contributed by atoms with E-state index in [0.29, 0.717) is 10.7 Å². The van der Waals surface area contributed by atoms with Gasteiger partial charge in [-0.05, 0) is 32.0 Å². The number of halogens is 1. The molecule has 0 bridgehead atoms. The molecule has 0 saturated carbocycles. The Bertz CT molecular complexity index is 474. The van der Waals surface area contributed by atoms with Gasteiger partial charge in [0.1, 0.15) is 0 Å². The van der Waals surface area contributed by atoms with Gasteiger partial charge in [-0.15, -0.1) is 0 Å². The first-order valence-corrected chi connectivity index (χ1v) is 5.85. The lowest BCUT2D eigenvalue weighted by molar-refractivity contribution is -0.119. The molecule has 0 atom stereocenters. The molecule has 98 valence electrons. The van der Waals surface area contributed by atoms with Crippen LogP contribution in [0, 0.1) is 0 Å². The third-order valence-corrected chi connectivity index (χ3v) is 2.76. The SMILES string of the molecule is CC(C)N(CC(N)=O)C(=O)c1cc(N)ccc1Cl. The molecule has 0 saturated heterocycles. The monoisotopic (exact) mass is 269 g/mol. The molecule has 0 spiro atoms. The fourth-order valence-electron chi connectivity index (χ4n) is 1.52. The predicted molar refractivity (Wildman–Crippen MR) is 71.2 cm³/mol. The van der Waals surface area contributed by atoms with Crippen LogP contribution < -0.4 is 11.5 Å². The van der Waals surface area contributed by atoms with Gasteiger partial charge in [0.05, 0.1) is 17.1 Å². The van der Waals surface area contributed by atoms with Crippen molar-refractivity contribution in [2.75, 3.05) is 12.3 Å². The third kappa shape index (κ3) is 3.37. The summed E-state index contributed by atoms with van der Waals surface area (Å²) in [7, 11) is 0. The second kappa shape index (κ2) is 5.73. The lowest BCUT2D eigenvalue weighted by Gasteiger charge is -2.25. The van der Waals surface area contributed by atoms with E-state index in [4.69, 9.17) is 23.1 Å². The van der Waals surface area contributed by atoms with Crippen molar-refractivity contribution >= 4 is 29.1 Å². The van der Waals surface area contributed by atoms with Gasteiger partial charge >= 0.3 is 0 Å². The normalized spacial score (nSPS) is 10.4. The number of anilines is 1. The highest BCUT2D eigenvalue weighted by Crippen LogP contribution is 2.21. The third-order valence-electron chi connectivity index (χ3n) is 2.43. The Morgan fingerprint density at radius 3 is 2.50 bits per heavy atom. The van der Waals surface area contributed by atoms with Crippen molar-refractivity contribution in [1.29, 1.82) is 0 Å². The summed E-state index contributed by atoms with van der Waals surface area (Å²) in [5.41, 5.74) is 11.5. The van der Waals surface area contributed by atoms with E-state index in [1.165, 1.54) is 11.0 Å². The number of hydrogen-bond donors (Lipinski definition) is 2. The van der Waals surface area contributed by atoms with Gasteiger partial charge in [0.15, 0.2) is 0 Å². The molecule has 2 amide bonds. The standard InChI is InChI=1S/C12H16ClN3O2/c1-7(2)16(6-11(15)17)12(18)9-5-8(14)3-4-10(9)13/h3-5,7H,6,14H2,1-2H3,(H2,15,17). The predicted octanol–water partition coefficient (Wildman–Crippen LogP) is 1.26. The average molecular weight is 270 g/mol. The van der Waals surface area contributed by atoms with Crippen LogP contribution in [0.5, 0.6) is 0 Å². The summed E-state index contributed by atoms with van der Waals surface area (Å²) < 4.78 is 0. The summed E-state index contributed by atoms with van der Waals surface area (Å²) in [6.45, 7) is 3.43. The summed E-state index contributed by atoms with van der Waals surface area (Å²) in [5.74, 6) is -0.932. The largest absolute Gasteiger partial charge is 0.399 e. The fourth-order valence-corrected chi connectivity index (χ4v) is 1.72. The summed E-state index contributed by atoms with van der Waals surface area (Å²) >= 11 is 5.96. The van der Waals surface area contributed by atoms with Gasteiger partial charge in [-0.1, -0.05) is 11.6 Å². The van der Waals surface area contributed by atoms with Gasteiger partial charge in [-0.2, -0.15) is 0 Å². The molecule has 0 aliphatic carbocycles. The highest BCUT2D eigenvalue weighted by Gasteiger charge is 2.22. The number of carbonyl (C=O) groups excluding carboxylic acids is 2. The highest BCUT2D eigenvalue weighted by atomic mass is 35.5. The first-order valence-electron chi connectivity index (χ1n) is 5.47. The first kappa shape index (κ1) is 14.3. The van der Waals surface area contributed by atoms with E-state index in [0.717, 1.165) is 0 Å². The zero-order valence-electron chi connectivity index (χ0n) is 10.3. The quantitative estimate of drug-likeness (QED) is 0.807. The van der Waals surface area contributed by atoms with E-state index in [-0.39, 0.29) is 24.1 Å². The fraction of sp³-hybridized carbons (Fsp3) is 0.333. The minimum Gasteiger partial charge on any atom is -0.399 e. The van der Waals surface area contributed by atoms with Crippen molar-refractivity contribution in [1.82, 2.24) is 4.90 Å². The molecule has 6 heteroatoms. The van der Waals surface area contributed by atoms with E-state index in [1.54, 1.807) is 26.0 Å². The molecule has 0 fully saturated rings. The van der Waals surface area contributed by atoms with Gasteiger partial charge in [0.2, 0.25) is 5.91 Å². The molecule has 1 aromatic carbocycles. The van der Waals surface area contributed by atoms with E-state index in [9.17, 15) is 9.59 Å². The molecular formula is C12H16ClN3O2. The summed E-state index contributed by atoms with van der Waals surface area (Å²) in [6.07, 6.45) is 0. The van der Waals surface area contributed by atoms with Crippen molar-refractivity contribution in [2.24, 2.45) is 5.73 Å². The molecule has 5 nitrogen and oxygen atoms in total. The van der Waals surface area contributed by atoms with E-state index < -0.39 is 5.91 Å². The molecule has 0 radical (unpaired) electrons. The molecule has 18 heavy (non-hydrogen) atoms. The minimum absolute atomic E-state index is 0.151. The van der Waals surface area contributed by atoms with Crippen LogP contribution in [0.3, 0.4) is 0 Å². The number of amides is 2. The molecule has 0 aromatic heterocycles. The van der Waals surface area contributed by atoms with Crippen molar-refractivity contribution in [3.63, 3.8) is 0 Å². The van der Waals surface area contributed by atoms with E-state index >= 15 is 0 Å². The zero-order chi connectivity index (χ0) is 13.9. The second-order valence-electron chi connectivity index (χ2n) is 4.23.